The summed E-state index contributed by atoms with van der Waals surface area (Å²) >= 11 is 2.94. The van der Waals surface area contributed by atoms with Crippen LogP contribution in [0, 0.1) is 6.92 Å². The molecule has 0 bridgehead atoms. The third-order valence-corrected chi connectivity index (χ3v) is 6.36. The lowest BCUT2D eigenvalue weighted by atomic mass is 9.97. The molecule has 3 rings (SSSR count). The molecule has 4 nitrogen and oxygen atoms in total. The molecule has 2 heterocycles. The van der Waals surface area contributed by atoms with E-state index in [0.717, 1.165) is 16.0 Å². The highest BCUT2D eigenvalue weighted by Crippen LogP contribution is 2.38. The van der Waals surface area contributed by atoms with Gasteiger partial charge < -0.3 is 10.1 Å². The molecule has 6 heteroatoms. The van der Waals surface area contributed by atoms with E-state index in [1.165, 1.54) is 23.1 Å². The Morgan fingerprint density at radius 2 is 2.00 bits per heavy atom. The summed E-state index contributed by atoms with van der Waals surface area (Å²) in [6.07, 6.45) is 2.60. The van der Waals surface area contributed by atoms with Gasteiger partial charge >= 0.3 is 0 Å². The van der Waals surface area contributed by atoms with Crippen molar-refractivity contribution < 1.29 is 14.3 Å². The summed E-state index contributed by atoms with van der Waals surface area (Å²) in [6.45, 7) is 4.96. The number of hydrogen-bond acceptors (Lipinski definition) is 5. The van der Waals surface area contributed by atoms with Gasteiger partial charge in [-0.15, -0.1) is 11.3 Å². The minimum atomic E-state index is -0.169. The van der Waals surface area contributed by atoms with Gasteiger partial charge in [-0.25, -0.2) is 0 Å². The van der Waals surface area contributed by atoms with Crippen LogP contribution in [0.1, 0.15) is 38.8 Å². The van der Waals surface area contributed by atoms with E-state index in [1.807, 2.05) is 44.4 Å². The number of carbonyl (C=O) groups excluding carboxylic acids is 2. The molecule has 0 aliphatic carbocycles. The quantitative estimate of drug-likeness (QED) is 0.801. The van der Waals surface area contributed by atoms with E-state index in [9.17, 15) is 9.59 Å². The summed E-state index contributed by atoms with van der Waals surface area (Å²) in [5.41, 5.74) is 3.41. The summed E-state index contributed by atoms with van der Waals surface area (Å²) < 4.78 is 5.52. The van der Waals surface area contributed by atoms with E-state index in [-0.39, 0.29) is 16.9 Å². The Morgan fingerprint density at radius 3 is 2.68 bits per heavy atom. The summed E-state index contributed by atoms with van der Waals surface area (Å²) in [6, 6.07) is 7.56. The maximum Gasteiger partial charge on any atom is 0.237 e. The SMILES string of the molecule is CSC(C)C(=O)Nc1sc2c(c1C(=O)c1ccc(C)cc1)CCOC2. The van der Waals surface area contributed by atoms with Gasteiger partial charge in [-0.1, -0.05) is 29.8 Å². The molecule has 1 aliphatic heterocycles. The highest BCUT2D eigenvalue weighted by atomic mass is 32.2. The number of aryl methyl sites for hydroxylation is 1. The molecule has 0 saturated heterocycles. The number of rotatable bonds is 5. The lowest BCUT2D eigenvalue weighted by Gasteiger charge is -2.14. The first-order chi connectivity index (χ1) is 12.0. The summed E-state index contributed by atoms with van der Waals surface area (Å²) in [7, 11) is 0. The predicted octanol–water partition coefficient (Wildman–Crippen LogP) is 4.05. The van der Waals surface area contributed by atoms with E-state index in [4.69, 9.17) is 4.74 Å². The maximum absolute atomic E-state index is 13.1. The Kier molecular flexibility index (Phi) is 5.61. The fourth-order valence-electron chi connectivity index (χ4n) is 2.73. The smallest absolute Gasteiger partial charge is 0.237 e. The number of amides is 1. The van der Waals surface area contributed by atoms with Crippen molar-refractivity contribution in [1.29, 1.82) is 0 Å². The van der Waals surface area contributed by atoms with Gasteiger partial charge in [-0.05, 0) is 32.1 Å². The molecule has 2 aromatic rings. The summed E-state index contributed by atoms with van der Waals surface area (Å²) in [5, 5.41) is 3.44. The van der Waals surface area contributed by atoms with E-state index in [2.05, 4.69) is 5.32 Å². The van der Waals surface area contributed by atoms with Gasteiger partial charge in [0.25, 0.3) is 0 Å². The Morgan fingerprint density at radius 1 is 1.28 bits per heavy atom. The van der Waals surface area contributed by atoms with Crippen molar-refractivity contribution in [2.24, 2.45) is 0 Å². The second kappa shape index (κ2) is 7.72. The van der Waals surface area contributed by atoms with Crippen LogP contribution in [0.4, 0.5) is 5.00 Å². The molecular formula is C19H21NO3S2. The third-order valence-electron chi connectivity index (χ3n) is 4.32. The summed E-state index contributed by atoms with van der Waals surface area (Å²) in [5.74, 6) is -0.114. The number of thioether (sulfide) groups is 1. The number of anilines is 1. The van der Waals surface area contributed by atoms with E-state index in [0.29, 0.717) is 35.8 Å². The van der Waals surface area contributed by atoms with Crippen LogP contribution in [0.2, 0.25) is 0 Å². The minimum Gasteiger partial charge on any atom is -0.376 e. The van der Waals surface area contributed by atoms with E-state index < -0.39 is 0 Å². The maximum atomic E-state index is 13.1. The van der Waals surface area contributed by atoms with Gasteiger partial charge in [0.05, 0.1) is 24.0 Å². The van der Waals surface area contributed by atoms with Crippen LogP contribution < -0.4 is 5.32 Å². The predicted molar refractivity (Wildman–Crippen MR) is 104 cm³/mol. The van der Waals surface area contributed by atoms with Crippen LogP contribution >= 0.6 is 23.1 Å². The number of carbonyl (C=O) groups is 2. The minimum absolute atomic E-state index is 0.0356. The van der Waals surface area contributed by atoms with Crippen molar-refractivity contribution in [1.82, 2.24) is 0 Å². The van der Waals surface area contributed by atoms with Crippen LogP contribution in [0.3, 0.4) is 0 Å². The number of ketones is 1. The fourth-order valence-corrected chi connectivity index (χ4v) is 4.19. The first kappa shape index (κ1) is 18.2. The largest absolute Gasteiger partial charge is 0.376 e. The Balaban J connectivity index is 2.01. The number of nitrogens with one attached hydrogen (secondary N) is 1. The number of thiophene rings is 1. The molecule has 1 aromatic heterocycles. The Labute approximate surface area is 156 Å². The molecule has 1 N–H and O–H groups in total. The lowest BCUT2D eigenvalue weighted by Crippen LogP contribution is -2.23. The molecule has 1 aromatic carbocycles. The molecule has 0 spiro atoms. The monoisotopic (exact) mass is 375 g/mol. The molecule has 0 fully saturated rings. The van der Waals surface area contributed by atoms with Crippen molar-refractivity contribution >= 4 is 39.8 Å². The van der Waals surface area contributed by atoms with Crippen LogP contribution in [0.25, 0.3) is 0 Å². The van der Waals surface area contributed by atoms with Crippen LogP contribution in [-0.4, -0.2) is 29.8 Å². The van der Waals surface area contributed by atoms with Gasteiger partial charge in [0.2, 0.25) is 5.91 Å². The average Bonchev–Trinajstić information content (AvgIpc) is 2.98. The van der Waals surface area contributed by atoms with Crippen molar-refractivity contribution in [3.63, 3.8) is 0 Å². The van der Waals surface area contributed by atoms with Gasteiger partial charge in [-0.3, -0.25) is 9.59 Å². The Bertz CT molecular complexity index is 796. The number of fused-ring (bicyclic) bond motifs is 1. The molecule has 25 heavy (non-hydrogen) atoms. The molecule has 0 radical (unpaired) electrons. The standard InChI is InChI=1S/C19H21NO3S2/c1-11-4-6-13(7-5-11)17(21)16-14-8-9-23-10-15(14)25-19(16)20-18(22)12(2)24-3/h4-7,12H,8-10H2,1-3H3,(H,20,22). The highest BCUT2D eigenvalue weighted by molar-refractivity contribution is 7.99. The van der Waals surface area contributed by atoms with Gasteiger partial charge in [-0.2, -0.15) is 11.8 Å². The third kappa shape index (κ3) is 3.81. The molecule has 1 amide bonds. The zero-order valence-corrected chi connectivity index (χ0v) is 16.2. The second-order valence-electron chi connectivity index (χ2n) is 6.07. The van der Waals surface area contributed by atoms with Gasteiger partial charge in [0.1, 0.15) is 5.00 Å². The normalized spacial score (nSPS) is 14.7. The van der Waals surface area contributed by atoms with Crippen molar-refractivity contribution in [3.8, 4) is 0 Å². The topological polar surface area (TPSA) is 55.4 Å². The van der Waals surface area contributed by atoms with E-state index >= 15 is 0 Å². The van der Waals surface area contributed by atoms with Crippen LogP contribution in [0.5, 0.6) is 0 Å². The molecular weight excluding hydrogens is 354 g/mol. The first-order valence-electron chi connectivity index (χ1n) is 8.18. The van der Waals surface area contributed by atoms with Gasteiger partial charge in [0, 0.05) is 10.4 Å². The van der Waals surface area contributed by atoms with E-state index in [1.54, 1.807) is 0 Å². The molecule has 1 aliphatic rings. The van der Waals surface area contributed by atoms with Crippen LogP contribution in [0.15, 0.2) is 24.3 Å². The van der Waals surface area contributed by atoms with Crippen molar-refractivity contribution in [2.75, 3.05) is 18.2 Å². The molecule has 1 atom stereocenters. The molecule has 0 saturated carbocycles. The van der Waals surface area contributed by atoms with Crippen LogP contribution in [-0.2, 0) is 22.6 Å². The fraction of sp³-hybridized carbons (Fsp3) is 0.368. The first-order valence-corrected chi connectivity index (χ1v) is 10.3. The highest BCUT2D eigenvalue weighted by Gasteiger charge is 2.28. The zero-order chi connectivity index (χ0) is 18.0. The Hall–Kier alpha value is -1.63. The average molecular weight is 376 g/mol. The van der Waals surface area contributed by atoms with Crippen molar-refractivity contribution in [2.45, 2.75) is 32.1 Å². The molecule has 132 valence electrons. The number of benzene rings is 1. The number of ether oxygens (including phenoxy) is 1. The zero-order valence-electron chi connectivity index (χ0n) is 14.5. The number of hydrogen-bond donors (Lipinski definition) is 1. The van der Waals surface area contributed by atoms with Gasteiger partial charge in [0.15, 0.2) is 5.78 Å². The molecule has 1 unspecified atom stereocenters. The summed E-state index contributed by atoms with van der Waals surface area (Å²) in [4.78, 5) is 26.5. The second-order valence-corrected chi connectivity index (χ2v) is 8.36. The lowest BCUT2D eigenvalue weighted by molar-refractivity contribution is -0.115. The van der Waals surface area contributed by atoms with Crippen molar-refractivity contribution in [3.05, 3.63) is 51.4 Å².